The molecule has 1 aliphatic rings. The number of nitrogens with two attached hydrogens (primary N) is 1. The highest BCUT2D eigenvalue weighted by Crippen LogP contribution is 2.32. The van der Waals surface area contributed by atoms with Gasteiger partial charge < -0.3 is 15.8 Å². The molecule has 0 aliphatic heterocycles. The third-order valence-electron chi connectivity index (χ3n) is 3.48. The van der Waals surface area contributed by atoms with Crippen LogP contribution in [0.4, 0.5) is 0 Å². The molecule has 0 bridgehead atoms. The summed E-state index contributed by atoms with van der Waals surface area (Å²) in [5.41, 5.74) is 6.84. The van der Waals surface area contributed by atoms with Gasteiger partial charge in [0.2, 0.25) is 0 Å². The van der Waals surface area contributed by atoms with Gasteiger partial charge in [0, 0.05) is 12.6 Å². The number of ether oxygens (including phenoxy) is 1. The first kappa shape index (κ1) is 16.8. The zero-order chi connectivity index (χ0) is 13.8. The number of carbonyl (C=O) groups is 1. The largest absolute Gasteiger partial charge is 0.481 e. The Morgan fingerprint density at radius 2 is 2.00 bits per heavy atom. The van der Waals surface area contributed by atoms with Crippen LogP contribution in [0.25, 0.3) is 0 Å². The van der Waals surface area contributed by atoms with Crippen LogP contribution in [0.3, 0.4) is 0 Å². The topological polar surface area (TPSA) is 64.3 Å². The van der Waals surface area contributed by atoms with Crippen LogP contribution in [0.2, 0.25) is 0 Å². The molecule has 2 unspecified atom stereocenters. The van der Waals surface area contributed by atoms with E-state index in [1.807, 2.05) is 31.2 Å². The summed E-state index contributed by atoms with van der Waals surface area (Å²) in [6.45, 7) is 4.27. The summed E-state index contributed by atoms with van der Waals surface area (Å²) in [4.78, 5) is 12.0. The third kappa shape index (κ3) is 4.69. The van der Waals surface area contributed by atoms with Crippen LogP contribution < -0.4 is 15.8 Å². The number of amides is 1. The second-order valence-electron chi connectivity index (χ2n) is 5.26. The Bertz CT molecular complexity index is 432. The molecular weight excluding hydrogens is 276 g/mol. The molecule has 5 heteroatoms. The van der Waals surface area contributed by atoms with Crippen molar-refractivity contribution in [3.05, 3.63) is 29.8 Å². The summed E-state index contributed by atoms with van der Waals surface area (Å²) < 4.78 is 5.62. The van der Waals surface area contributed by atoms with Crippen molar-refractivity contribution in [1.82, 2.24) is 5.32 Å². The summed E-state index contributed by atoms with van der Waals surface area (Å²) in [6, 6.07) is 7.78. The summed E-state index contributed by atoms with van der Waals surface area (Å²) in [5.74, 6) is 1.17. The molecule has 1 aromatic carbocycles. The average Bonchev–Trinajstić information content (AvgIpc) is 3.22. The second-order valence-corrected chi connectivity index (χ2v) is 5.26. The quantitative estimate of drug-likeness (QED) is 0.845. The molecule has 1 amide bonds. The fourth-order valence-electron chi connectivity index (χ4n) is 2.04. The number of benzene rings is 1. The van der Waals surface area contributed by atoms with Gasteiger partial charge in [-0.1, -0.05) is 17.7 Å². The van der Waals surface area contributed by atoms with Crippen molar-refractivity contribution in [2.45, 2.75) is 38.8 Å². The average molecular weight is 299 g/mol. The molecule has 1 aliphatic carbocycles. The zero-order valence-corrected chi connectivity index (χ0v) is 12.8. The van der Waals surface area contributed by atoms with Crippen molar-refractivity contribution in [1.29, 1.82) is 0 Å². The Hall–Kier alpha value is -1.26. The summed E-state index contributed by atoms with van der Waals surface area (Å²) in [5, 5.41) is 2.97. The summed E-state index contributed by atoms with van der Waals surface area (Å²) >= 11 is 0. The minimum absolute atomic E-state index is 0. The van der Waals surface area contributed by atoms with Gasteiger partial charge in [0.25, 0.3) is 5.91 Å². The van der Waals surface area contributed by atoms with Crippen LogP contribution in [0.5, 0.6) is 5.75 Å². The minimum Gasteiger partial charge on any atom is -0.481 e. The standard InChI is InChI=1S/C15H22N2O2.ClH/c1-10-3-7-13(8-4-10)19-11(2)15(18)17-14(9-16)12-5-6-12;/h3-4,7-8,11-12,14H,5-6,9,16H2,1-2H3,(H,17,18);1H. The number of nitrogens with one attached hydrogen (secondary N) is 1. The fraction of sp³-hybridized carbons (Fsp3) is 0.533. The lowest BCUT2D eigenvalue weighted by atomic mass is 10.2. The van der Waals surface area contributed by atoms with E-state index in [2.05, 4.69) is 5.32 Å². The highest BCUT2D eigenvalue weighted by atomic mass is 35.5. The van der Waals surface area contributed by atoms with Crippen molar-refractivity contribution in [3.63, 3.8) is 0 Å². The van der Waals surface area contributed by atoms with Gasteiger partial charge in [-0.15, -0.1) is 12.4 Å². The fourth-order valence-corrected chi connectivity index (χ4v) is 2.04. The van der Waals surface area contributed by atoms with E-state index in [1.54, 1.807) is 6.92 Å². The minimum atomic E-state index is -0.504. The van der Waals surface area contributed by atoms with Gasteiger partial charge in [-0.25, -0.2) is 0 Å². The molecule has 112 valence electrons. The van der Waals surface area contributed by atoms with E-state index in [9.17, 15) is 4.79 Å². The second kappa shape index (κ2) is 7.50. The van der Waals surface area contributed by atoms with E-state index in [-0.39, 0.29) is 24.4 Å². The molecule has 20 heavy (non-hydrogen) atoms. The molecular formula is C15H23ClN2O2. The number of hydrogen-bond acceptors (Lipinski definition) is 3. The first-order valence-corrected chi connectivity index (χ1v) is 6.84. The van der Waals surface area contributed by atoms with Crippen LogP contribution in [0, 0.1) is 12.8 Å². The molecule has 1 aromatic rings. The maximum Gasteiger partial charge on any atom is 0.261 e. The van der Waals surface area contributed by atoms with E-state index in [4.69, 9.17) is 10.5 Å². The van der Waals surface area contributed by atoms with Crippen molar-refractivity contribution in [3.8, 4) is 5.75 Å². The van der Waals surface area contributed by atoms with Gasteiger partial charge in [-0.05, 0) is 44.7 Å². The smallest absolute Gasteiger partial charge is 0.261 e. The van der Waals surface area contributed by atoms with Gasteiger partial charge in [0.1, 0.15) is 5.75 Å². The van der Waals surface area contributed by atoms with Crippen LogP contribution in [0.1, 0.15) is 25.3 Å². The van der Waals surface area contributed by atoms with Crippen molar-refractivity contribution in [2.75, 3.05) is 6.54 Å². The van der Waals surface area contributed by atoms with Crippen molar-refractivity contribution < 1.29 is 9.53 Å². The monoisotopic (exact) mass is 298 g/mol. The number of halogens is 1. The van der Waals surface area contributed by atoms with Gasteiger partial charge in [0.15, 0.2) is 6.10 Å². The summed E-state index contributed by atoms with van der Waals surface area (Å²) in [7, 11) is 0. The summed E-state index contributed by atoms with van der Waals surface area (Å²) in [6.07, 6.45) is 1.82. The normalized spacial score (nSPS) is 16.8. The SMILES string of the molecule is Cc1ccc(OC(C)C(=O)NC(CN)C2CC2)cc1.Cl. The maximum atomic E-state index is 12.0. The van der Waals surface area contributed by atoms with Gasteiger partial charge in [-0.3, -0.25) is 4.79 Å². The maximum absolute atomic E-state index is 12.0. The predicted molar refractivity (Wildman–Crippen MR) is 82.2 cm³/mol. The first-order valence-electron chi connectivity index (χ1n) is 6.84. The van der Waals surface area contributed by atoms with Crippen LogP contribution in [-0.2, 0) is 4.79 Å². The molecule has 1 saturated carbocycles. The van der Waals surface area contributed by atoms with Gasteiger partial charge >= 0.3 is 0 Å². The first-order chi connectivity index (χ1) is 9.10. The Morgan fingerprint density at radius 1 is 1.40 bits per heavy atom. The highest BCUT2D eigenvalue weighted by molar-refractivity contribution is 5.85. The molecule has 0 spiro atoms. The van der Waals surface area contributed by atoms with E-state index < -0.39 is 6.10 Å². The molecule has 0 radical (unpaired) electrons. The van der Waals surface area contributed by atoms with Crippen LogP contribution >= 0.6 is 12.4 Å². The molecule has 4 nitrogen and oxygen atoms in total. The molecule has 0 heterocycles. The highest BCUT2D eigenvalue weighted by Gasteiger charge is 2.32. The third-order valence-corrected chi connectivity index (χ3v) is 3.48. The van der Waals surface area contributed by atoms with E-state index in [0.29, 0.717) is 18.2 Å². The molecule has 1 fully saturated rings. The Labute approximate surface area is 126 Å². The van der Waals surface area contributed by atoms with Gasteiger partial charge in [0.05, 0.1) is 0 Å². The van der Waals surface area contributed by atoms with E-state index in [1.165, 1.54) is 5.56 Å². The number of hydrogen-bond donors (Lipinski definition) is 2. The lowest BCUT2D eigenvalue weighted by molar-refractivity contribution is -0.128. The van der Waals surface area contributed by atoms with E-state index in [0.717, 1.165) is 12.8 Å². The lowest BCUT2D eigenvalue weighted by Crippen LogP contribution is -2.46. The van der Waals surface area contributed by atoms with Crippen molar-refractivity contribution >= 4 is 18.3 Å². The Kier molecular flexibility index (Phi) is 6.30. The van der Waals surface area contributed by atoms with Gasteiger partial charge in [-0.2, -0.15) is 0 Å². The molecule has 3 N–H and O–H groups in total. The number of aryl methyl sites for hydroxylation is 1. The molecule has 0 saturated heterocycles. The molecule has 2 atom stereocenters. The molecule has 2 rings (SSSR count). The predicted octanol–water partition coefficient (Wildman–Crippen LogP) is 2.04. The van der Waals surface area contributed by atoms with E-state index >= 15 is 0 Å². The number of rotatable bonds is 6. The van der Waals surface area contributed by atoms with Crippen molar-refractivity contribution in [2.24, 2.45) is 11.7 Å². The molecule has 0 aromatic heterocycles. The number of carbonyl (C=O) groups excluding carboxylic acids is 1. The zero-order valence-electron chi connectivity index (χ0n) is 12.0. The van der Waals surface area contributed by atoms with Crippen LogP contribution in [-0.4, -0.2) is 24.6 Å². The lowest BCUT2D eigenvalue weighted by Gasteiger charge is -2.20. The Morgan fingerprint density at radius 3 is 2.50 bits per heavy atom. The Balaban J connectivity index is 0.00000200. The van der Waals surface area contributed by atoms with Crippen LogP contribution in [0.15, 0.2) is 24.3 Å².